The largest absolute Gasteiger partial charge is 0.486 e. The lowest BCUT2D eigenvalue weighted by Gasteiger charge is -2.21. The molecule has 126 valence electrons. The van der Waals surface area contributed by atoms with Gasteiger partial charge in [0, 0.05) is 20.3 Å². The standard InChI is InChI=1S/C18H21N3O3/c1-12(13-4-6-15-16(10-13)24-9-8-23-15)20-18(22)14-5-7-17(19-11-14)21(2)3/h4-7,10-12H,8-9H2,1-3H3,(H,20,22)/t12-/m1/s1. The van der Waals surface area contributed by atoms with E-state index in [1.165, 1.54) is 0 Å². The Hall–Kier alpha value is -2.76. The van der Waals surface area contributed by atoms with Crippen LogP contribution in [0.3, 0.4) is 0 Å². The molecular weight excluding hydrogens is 306 g/mol. The van der Waals surface area contributed by atoms with E-state index in [1.807, 2.05) is 50.2 Å². The molecule has 0 fully saturated rings. The van der Waals surface area contributed by atoms with Crippen molar-refractivity contribution < 1.29 is 14.3 Å². The number of nitrogens with one attached hydrogen (secondary N) is 1. The first-order chi connectivity index (χ1) is 11.5. The molecule has 2 heterocycles. The van der Waals surface area contributed by atoms with E-state index in [-0.39, 0.29) is 11.9 Å². The average molecular weight is 327 g/mol. The molecule has 0 spiro atoms. The van der Waals surface area contributed by atoms with Crippen LogP contribution in [-0.2, 0) is 0 Å². The molecule has 1 aliphatic heterocycles. The van der Waals surface area contributed by atoms with Crippen LogP contribution in [0.5, 0.6) is 11.5 Å². The Kier molecular flexibility index (Phi) is 4.55. The molecule has 0 radical (unpaired) electrons. The van der Waals surface area contributed by atoms with Crippen LogP contribution in [0.15, 0.2) is 36.5 Å². The van der Waals surface area contributed by atoms with Crippen LogP contribution < -0.4 is 19.7 Å². The van der Waals surface area contributed by atoms with Crippen molar-refractivity contribution in [2.75, 3.05) is 32.2 Å². The minimum Gasteiger partial charge on any atom is -0.486 e. The molecule has 1 atom stereocenters. The lowest BCUT2D eigenvalue weighted by atomic mass is 10.1. The van der Waals surface area contributed by atoms with Crippen LogP contribution in [0, 0.1) is 0 Å². The maximum atomic E-state index is 12.4. The lowest BCUT2D eigenvalue weighted by molar-refractivity contribution is 0.0939. The molecule has 1 aliphatic rings. The zero-order chi connectivity index (χ0) is 17.1. The number of rotatable bonds is 4. The van der Waals surface area contributed by atoms with E-state index in [1.54, 1.807) is 12.3 Å². The minimum atomic E-state index is -0.157. The predicted octanol–water partition coefficient (Wildman–Crippen LogP) is 2.41. The van der Waals surface area contributed by atoms with E-state index >= 15 is 0 Å². The van der Waals surface area contributed by atoms with Gasteiger partial charge in [0.1, 0.15) is 19.0 Å². The number of hydrogen-bond acceptors (Lipinski definition) is 5. The number of carbonyl (C=O) groups is 1. The van der Waals surface area contributed by atoms with Gasteiger partial charge in [-0.25, -0.2) is 4.98 Å². The van der Waals surface area contributed by atoms with Crippen LogP contribution in [0.2, 0.25) is 0 Å². The molecular formula is C18H21N3O3. The number of nitrogens with zero attached hydrogens (tertiary/aromatic N) is 2. The molecule has 0 aliphatic carbocycles. The molecule has 2 aromatic rings. The third-order valence-electron chi connectivity index (χ3n) is 3.88. The second-order valence-corrected chi connectivity index (χ2v) is 5.90. The number of fused-ring (bicyclic) bond motifs is 1. The van der Waals surface area contributed by atoms with Gasteiger partial charge in [0.05, 0.1) is 11.6 Å². The fraction of sp³-hybridized carbons (Fsp3) is 0.333. The number of ether oxygens (including phenoxy) is 2. The molecule has 0 unspecified atom stereocenters. The van der Waals surface area contributed by atoms with Crippen molar-refractivity contribution in [1.29, 1.82) is 0 Å². The lowest BCUT2D eigenvalue weighted by Crippen LogP contribution is -2.27. The predicted molar refractivity (Wildman–Crippen MR) is 91.9 cm³/mol. The van der Waals surface area contributed by atoms with Crippen LogP contribution in [0.25, 0.3) is 0 Å². The van der Waals surface area contributed by atoms with Gasteiger partial charge in [0.2, 0.25) is 0 Å². The first-order valence-electron chi connectivity index (χ1n) is 7.88. The summed E-state index contributed by atoms with van der Waals surface area (Å²) in [7, 11) is 3.82. The normalized spacial score (nSPS) is 14.0. The topological polar surface area (TPSA) is 63.7 Å². The summed E-state index contributed by atoms with van der Waals surface area (Å²) in [6.45, 7) is 3.04. The summed E-state index contributed by atoms with van der Waals surface area (Å²) in [6, 6.07) is 9.16. The zero-order valence-electron chi connectivity index (χ0n) is 14.1. The number of carbonyl (C=O) groups excluding carboxylic acids is 1. The summed E-state index contributed by atoms with van der Waals surface area (Å²) < 4.78 is 11.1. The maximum absolute atomic E-state index is 12.4. The van der Waals surface area contributed by atoms with Crippen LogP contribution >= 0.6 is 0 Å². The van der Waals surface area contributed by atoms with Crippen molar-refractivity contribution >= 4 is 11.7 Å². The molecule has 0 saturated carbocycles. The molecule has 6 heteroatoms. The SMILES string of the molecule is C[C@@H](NC(=O)c1ccc(N(C)C)nc1)c1ccc2c(c1)OCCO2. The van der Waals surface area contributed by atoms with E-state index in [4.69, 9.17) is 9.47 Å². The summed E-state index contributed by atoms with van der Waals surface area (Å²) in [6.07, 6.45) is 1.58. The van der Waals surface area contributed by atoms with Gasteiger partial charge in [-0.1, -0.05) is 6.07 Å². The van der Waals surface area contributed by atoms with Crippen molar-refractivity contribution in [2.24, 2.45) is 0 Å². The average Bonchev–Trinajstić information content (AvgIpc) is 2.61. The summed E-state index contributed by atoms with van der Waals surface area (Å²) in [5, 5.41) is 2.98. The third-order valence-corrected chi connectivity index (χ3v) is 3.88. The molecule has 6 nitrogen and oxygen atoms in total. The van der Waals surface area contributed by atoms with Crippen molar-refractivity contribution in [2.45, 2.75) is 13.0 Å². The van der Waals surface area contributed by atoms with E-state index < -0.39 is 0 Å². The van der Waals surface area contributed by atoms with Gasteiger partial charge < -0.3 is 19.7 Å². The zero-order valence-corrected chi connectivity index (χ0v) is 14.1. The first kappa shape index (κ1) is 16.1. The molecule has 1 N–H and O–H groups in total. The number of hydrogen-bond donors (Lipinski definition) is 1. The monoisotopic (exact) mass is 327 g/mol. The fourth-order valence-electron chi connectivity index (χ4n) is 2.48. The number of amides is 1. The smallest absolute Gasteiger partial charge is 0.253 e. The highest BCUT2D eigenvalue weighted by Crippen LogP contribution is 2.32. The molecule has 0 bridgehead atoms. The molecule has 3 rings (SSSR count). The Labute approximate surface area is 141 Å². The van der Waals surface area contributed by atoms with E-state index in [0.29, 0.717) is 18.8 Å². The second-order valence-electron chi connectivity index (χ2n) is 5.90. The minimum absolute atomic E-state index is 0.151. The van der Waals surface area contributed by atoms with E-state index in [0.717, 1.165) is 22.9 Å². The molecule has 24 heavy (non-hydrogen) atoms. The van der Waals surface area contributed by atoms with E-state index in [2.05, 4.69) is 10.3 Å². The van der Waals surface area contributed by atoms with Gasteiger partial charge in [-0.15, -0.1) is 0 Å². The quantitative estimate of drug-likeness (QED) is 0.934. The van der Waals surface area contributed by atoms with Crippen molar-refractivity contribution in [3.8, 4) is 11.5 Å². The third kappa shape index (κ3) is 3.42. The Morgan fingerprint density at radius 2 is 1.92 bits per heavy atom. The van der Waals surface area contributed by atoms with Gasteiger partial charge in [0.15, 0.2) is 11.5 Å². The van der Waals surface area contributed by atoms with Gasteiger partial charge in [0.25, 0.3) is 5.91 Å². The number of pyridine rings is 1. The Morgan fingerprint density at radius 1 is 1.17 bits per heavy atom. The van der Waals surface area contributed by atoms with Crippen LogP contribution in [0.4, 0.5) is 5.82 Å². The maximum Gasteiger partial charge on any atom is 0.253 e. The molecule has 0 saturated heterocycles. The summed E-state index contributed by atoms with van der Waals surface area (Å²) in [5.74, 6) is 2.12. The van der Waals surface area contributed by atoms with Crippen molar-refractivity contribution in [3.63, 3.8) is 0 Å². The summed E-state index contributed by atoms with van der Waals surface area (Å²) in [5.41, 5.74) is 1.50. The number of anilines is 1. The summed E-state index contributed by atoms with van der Waals surface area (Å²) >= 11 is 0. The fourth-order valence-corrected chi connectivity index (χ4v) is 2.48. The van der Waals surface area contributed by atoms with Gasteiger partial charge in [-0.2, -0.15) is 0 Å². The summed E-state index contributed by atoms with van der Waals surface area (Å²) in [4.78, 5) is 18.5. The highest BCUT2D eigenvalue weighted by molar-refractivity contribution is 5.94. The Balaban J connectivity index is 1.69. The molecule has 1 amide bonds. The van der Waals surface area contributed by atoms with Gasteiger partial charge in [-0.05, 0) is 36.8 Å². The van der Waals surface area contributed by atoms with Crippen LogP contribution in [-0.4, -0.2) is 38.2 Å². The van der Waals surface area contributed by atoms with E-state index in [9.17, 15) is 4.79 Å². The van der Waals surface area contributed by atoms with Crippen molar-refractivity contribution in [3.05, 3.63) is 47.7 Å². The number of benzene rings is 1. The van der Waals surface area contributed by atoms with Gasteiger partial charge in [-0.3, -0.25) is 4.79 Å². The Bertz CT molecular complexity index is 729. The van der Waals surface area contributed by atoms with Gasteiger partial charge >= 0.3 is 0 Å². The highest BCUT2D eigenvalue weighted by atomic mass is 16.6. The second kappa shape index (κ2) is 6.78. The Morgan fingerprint density at radius 3 is 2.58 bits per heavy atom. The molecule has 1 aromatic carbocycles. The van der Waals surface area contributed by atoms with Crippen LogP contribution in [0.1, 0.15) is 28.9 Å². The highest BCUT2D eigenvalue weighted by Gasteiger charge is 2.16. The van der Waals surface area contributed by atoms with Crippen molar-refractivity contribution in [1.82, 2.24) is 10.3 Å². The first-order valence-corrected chi connectivity index (χ1v) is 7.88. The number of aromatic nitrogens is 1. The molecule has 1 aromatic heterocycles.